The van der Waals surface area contributed by atoms with Gasteiger partial charge < -0.3 is 29.6 Å². The van der Waals surface area contributed by atoms with E-state index in [4.69, 9.17) is 29.5 Å². The first kappa shape index (κ1) is 27.0. The summed E-state index contributed by atoms with van der Waals surface area (Å²) in [7, 11) is 0. The van der Waals surface area contributed by atoms with Crippen LogP contribution in [-0.4, -0.2) is 101 Å². The summed E-state index contributed by atoms with van der Waals surface area (Å²) < 4.78 is 5.45. The number of nitrogens with zero attached hydrogens (tertiary/aromatic N) is 6. The Bertz CT molecular complexity index is 1270. The number of carbonyl (C=O) groups is 2. The van der Waals surface area contributed by atoms with Gasteiger partial charge in [-0.15, -0.1) is 0 Å². The summed E-state index contributed by atoms with van der Waals surface area (Å²) in [5.74, 6) is -1.62. The van der Waals surface area contributed by atoms with Crippen molar-refractivity contribution in [1.82, 2.24) is 19.9 Å². The van der Waals surface area contributed by atoms with Gasteiger partial charge in [-0.3, -0.25) is 0 Å². The predicted molar refractivity (Wildman–Crippen MR) is 145 cm³/mol. The van der Waals surface area contributed by atoms with Crippen LogP contribution in [0.5, 0.6) is 0 Å². The number of likely N-dealkylation sites (N-methyl/N-ethyl adjacent to an activating group) is 1. The van der Waals surface area contributed by atoms with Crippen LogP contribution in [0.4, 0.5) is 11.6 Å². The molecule has 0 radical (unpaired) electrons. The molecule has 2 N–H and O–H groups in total. The van der Waals surface area contributed by atoms with Crippen LogP contribution < -0.4 is 9.80 Å². The van der Waals surface area contributed by atoms with Crippen LogP contribution in [0.1, 0.15) is 18.3 Å². The van der Waals surface area contributed by atoms with Crippen LogP contribution in [-0.2, 0) is 14.3 Å². The number of fused-ring (bicyclic) bond motifs is 1. The van der Waals surface area contributed by atoms with Gasteiger partial charge in [0, 0.05) is 50.7 Å². The summed E-state index contributed by atoms with van der Waals surface area (Å²) in [4.78, 5) is 39.3. The highest BCUT2D eigenvalue weighted by Crippen LogP contribution is 2.27. The van der Waals surface area contributed by atoms with E-state index in [1.54, 1.807) is 6.33 Å². The van der Waals surface area contributed by atoms with Crippen molar-refractivity contribution in [3.8, 4) is 0 Å². The molecule has 0 saturated carbocycles. The molecule has 3 aromatic rings. The lowest BCUT2D eigenvalue weighted by Gasteiger charge is -2.35. The largest absolute Gasteiger partial charge is 0.473 e. The first-order chi connectivity index (χ1) is 18.4. The van der Waals surface area contributed by atoms with E-state index in [0.717, 1.165) is 82.1 Å². The molecule has 0 amide bonds. The lowest BCUT2D eigenvalue weighted by atomic mass is 10.1. The van der Waals surface area contributed by atoms with Crippen molar-refractivity contribution in [1.29, 1.82) is 0 Å². The van der Waals surface area contributed by atoms with E-state index in [2.05, 4.69) is 68.0 Å². The molecular formula is C27H32N6O5. The summed E-state index contributed by atoms with van der Waals surface area (Å²) in [5.41, 5.74) is 1.83. The summed E-state index contributed by atoms with van der Waals surface area (Å²) in [5, 5.41) is 17.2. The molecule has 2 fully saturated rings. The fraction of sp³-hybridized carbons (Fsp3) is 0.370. The van der Waals surface area contributed by atoms with E-state index < -0.39 is 11.9 Å². The number of aliphatic carboxylic acids is 2. The molecule has 0 atom stereocenters. The molecule has 2 aromatic heterocycles. The molecule has 0 unspecified atom stereocenters. The molecule has 0 spiro atoms. The van der Waals surface area contributed by atoms with E-state index in [9.17, 15) is 0 Å². The van der Waals surface area contributed by atoms with Gasteiger partial charge in [0.15, 0.2) is 0 Å². The Hall–Kier alpha value is -4.09. The van der Waals surface area contributed by atoms with Crippen molar-refractivity contribution in [3.05, 3.63) is 54.1 Å². The van der Waals surface area contributed by atoms with Crippen molar-refractivity contribution >= 4 is 46.5 Å². The van der Waals surface area contributed by atoms with Gasteiger partial charge in [-0.2, -0.15) is 0 Å². The number of hydrogen-bond acceptors (Lipinski definition) is 9. The second-order valence-electron chi connectivity index (χ2n) is 8.86. The van der Waals surface area contributed by atoms with Crippen molar-refractivity contribution in [3.63, 3.8) is 0 Å². The minimum atomic E-state index is -1.82. The van der Waals surface area contributed by atoms with Gasteiger partial charge in [0.25, 0.3) is 0 Å². The zero-order valence-corrected chi connectivity index (χ0v) is 21.4. The molecule has 38 heavy (non-hydrogen) atoms. The standard InChI is InChI=1S/C25H30N6O.C2H2O4/c1-2-29-9-11-31(12-10-29)25-23-6-4-3-5-20(23)17-22(28-25)8-7-21-18-24(27-19-26-21)30-13-15-32-16-14-30;3-1(4)2(5)6/h3-8,17-19H,2,9-16H2,1H3;(H,3,4)(H,5,6)/b8-7+;. The highest BCUT2D eigenvalue weighted by Gasteiger charge is 2.19. The number of carboxylic acids is 2. The van der Waals surface area contributed by atoms with Crippen LogP contribution in [0.15, 0.2) is 42.7 Å². The first-order valence-corrected chi connectivity index (χ1v) is 12.6. The first-order valence-electron chi connectivity index (χ1n) is 12.6. The third-order valence-electron chi connectivity index (χ3n) is 6.48. The molecule has 4 heterocycles. The van der Waals surface area contributed by atoms with Gasteiger partial charge in [-0.1, -0.05) is 31.2 Å². The van der Waals surface area contributed by atoms with E-state index in [-0.39, 0.29) is 0 Å². The maximum absolute atomic E-state index is 9.10. The van der Waals surface area contributed by atoms with Crippen LogP contribution >= 0.6 is 0 Å². The van der Waals surface area contributed by atoms with Crippen molar-refractivity contribution in [2.24, 2.45) is 0 Å². The zero-order valence-electron chi connectivity index (χ0n) is 21.4. The van der Waals surface area contributed by atoms with Gasteiger partial charge in [0.05, 0.1) is 24.6 Å². The van der Waals surface area contributed by atoms with E-state index >= 15 is 0 Å². The van der Waals surface area contributed by atoms with E-state index in [0.29, 0.717) is 0 Å². The number of pyridine rings is 1. The monoisotopic (exact) mass is 520 g/mol. The minimum absolute atomic E-state index is 0.742. The number of anilines is 2. The molecule has 1 aromatic carbocycles. The number of morpholine rings is 1. The Morgan fingerprint density at radius 2 is 1.58 bits per heavy atom. The molecule has 5 rings (SSSR count). The van der Waals surface area contributed by atoms with Gasteiger partial charge >= 0.3 is 11.9 Å². The van der Waals surface area contributed by atoms with Crippen LogP contribution in [0.3, 0.4) is 0 Å². The number of piperazine rings is 1. The molecule has 0 aliphatic carbocycles. The molecule has 2 aliphatic rings. The second-order valence-corrected chi connectivity index (χ2v) is 8.86. The molecule has 2 aliphatic heterocycles. The summed E-state index contributed by atoms with van der Waals surface area (Å²) in [6, 6.07) is 12.7. The van der Waals surface area contributed by atoms with Crippen LogP contribution in [0, 0.1) is 0 Å². The normalized spacial score (nSPS) is 16.3. The molecule has 11 heteroatoms. The lowest BCUT2D eigenvalue weighted by molar-refractivity contribution is -0.159. The maximum atomic E-state index is 9.10. The third-order valence-corrected chi connectivity index (χ3v) is 6.48. The molecule has 2 saturated heterocycles. The number of aromatic nitrogens is 3. The highest BCUT2D eigenvalue weighted by atomic mass is 16.5. The fourth-order valence-electron chi connectivity index (χ4n) is 4.39. The van der Waals surface area contributed by atoms with Gasteiger partial charge in [-0.05, 0) is 30.1 Å². The number of rotatable bonds is 5. The molecule has 11 nitrogen and oxygen atoms in total. The Morgan fingerprint density at radius 1 is 0.895 bits per heavy atom. The topological polar surface area (TPSA) is 132 Å². The number of benzene rings is 1. The minimum Gasteiger partial charge on any atom is -0.473 e. The van der Waals surface area contributed by atoms with Crippen LogP contribution in [0.25, 0.3) is 22.9 Å². The van der Waals surface area contributed by atoms with Crippen molar-refractivity contribution in [2.45, 2.75) is 6.92 Å². The van der Waals surface area contributed by atoms with Crippen molar-refractivity contribution in [2.75, 3.05) is 68.8 Å². The quantitative estimate of drug-likeness (QED) is 0.480. The van der Waals surface area contributed by atoms with Gasteiger partial charge in [-0.25, -0.2) is 24.5 Å². The van der Waals surface area contributed by atoms with Crippen LogP contribution in [0.2, 0.25) is 0 Å². The summed E-state index contributed by atoms with van der Waals surface area (Å²) in [6.07, 6.45) is 5.72. The predicted octanol–water partition coefficient (Wildman–Crippen LogP) is 2.33. The number of carboxylic acid groups (broad SMARTS) is 2. The smallest absolute Gasteiger partial charge is 0.414 e. The SMILES string of the molecule is CCN1CCN(c2nc(/C=C/c3cc(N4CCOCC4)ncn3)cc3ccccc23)CC1.O=C(O)C(=O)O. The van der Waals surface area contributed by atoms with Crippen molar-refractivity contribution < 1.29 is 24.5 Å². The summed E-state index contributed by atoms with van der Waals surface area (Å²) >= 11 is 0. The van der Waals surface area contributed by atoms with E-state index in [1.807, 2.05) is 12.1 Å². The van der Waals surface area contributed by atoms with Gasteiger partial charge in [0.1, 0.15) is 18.0 Å². The fourth-order valence-corrected chi connectivity index (χ4v) is 4.39. The van der Waals surface area contributed by atoms with Gasteiger partial charge in [0.2, 0.25) is 0 Å². The Morgan fingerprint density at radius 3 is 2.26 bits per heavy atom. The zero-order chi connectivity index (χ0) is 26.9. The Kier molecular flexibility index (Phi) is 9.17. The number of ether oxygens (including phenoxy) is 1. The summed E-state index contributed by atoms with van der Waals surface area (Å²) in [6.45, 7) is 10.7. The average Bonchev–Trinajstić information content (AvgIpc) is 2.96. The highest BCUT2D eigenvalue weighted by molar-refractivity contribution is 6.27. The third kappa shape index (κ3) is 7.02. The molecular weight excluding hydrogens is 488 g/mol. The van der Waals surface area contributed by atoms with E-state index in [1.165, 1.54) is 10.8 Å². The number of hydrogen-bond donors (Lipinski definition) is 2. The second kappa shape index (κ2) is 12.9. The molecule has 0 bridgehead atoms. The molecule has 200 valence electrons. The average molecular weight is 521 g/mol. The lowest BCUT2D eigenvalue weighted by Crippen LogP contribution is -2.46. The Labute approximate surface area is 221 Å². The maximum Gasteiger partial charge on any atom is 0.414 e. The Balaban J connectivity index is 0.000000505.